The molecule has 2 fully saturated rings. The van der Waals surface area contributed by atoms with Gasteiger partial charge in [0.25, 0.3) is 0 Å². The summed E-state index contributed by atoms with van der Waals surface area (Å²) in [5.74, 6) is 0.542. The van der Waals surface area contributed by atoms with Gasteiger partial charge in [0.15, 0.2) is 6.29 Å². The van der Waals surface area contributed by atoms with E-state index >= 15 is 4.39 Å². The zero-order chi connectivity index (χ0) is 31.6. The molecule has 7 nitrogen and oxygen atoms in total. The van der Waals surface area contributed by atoms with Crippen molar-refractivity contribution in [2.45, 2.75) is 18.2 Å². The second kappa shape index (κ2) is 12.7. The van der Waals surface area contributed by atoms with Gasteiger partial charge in [-0.15, -0.1) is 0 Å². The Morgan fingerprint density at radius 3 is 1.91 bits per heavy atom. The Bertz CT molecular complexity index is 1880. The molecular weight excluding hydrogens is 591 g/mol. The highest BCUT2D eigenvalue weighted by Gasteiger charge is 2.41. The third-order valence-electron chi connectivity index (χ3n) is 9.17. The first kappa shape index (κ1) is 29.5. The van der Waals surface area contributed by atoms with Crippen LogP contribution in [0.2, 0.25) is 0 Å². The Hall–Kier alpha value is -4.89. The van der Waals surface area contributed by atoms with Crippen molar-refractivity contribution in [2.24, 2.45) is 0 Å². The minimum Gasteiger partial charge on any atom is -0.378 e. The van der Waals surface area contributed by atoms with E-state index in [2.05, 4.69) is 47.4 Å². The summed E-state index contributed by atoms with van der Waals surface area (Å²) in [5.41, 5.74) is 4.95. The molecule has 4 aromatic carbocycles. The van der Waals surface area contributed by atoms with E-state index < -0.39 is 11.8 Å². The van der Waals surface area contributed by atoms with Crippen LogP contribution in [0.15, 0.2) is 121 Å². The maximum absolute atomic E-state index is 16.3. The number of ether oxygens (including phenoxy) is 3. The van der Waals surface area contributed by atoms with Crippen LogP contribution in [0.4, 0.5) is 10.2 Å². The zero-order valence-electron chi connectivity index (χ0n) is 26.0. The Morgan fingerprint density at radius 2 is 1.32 bits per heavy atom. The molecule has 4 heterocycles. The van der Waals surface area contributed by atoms with E-state index in [9.17, 15) is 0 Å². The summed E-state index contributed by atoms with van der Waals surface area (Å²) in [5, 5.41) is 6.32. The van der Waals surface area contributed by atoms with E-state index in [1.54, 1.807) is 6.07 Å². The van der Waals surface area contributed by atoms with Gasteiger partial charge in [-0.3, -0.25) is 0 Å². The Balaban J connectivity index is 1.43. The van der Waals surface area contributed by atoms with Gasteiger partial charge in [0.1, 0.15) is 22.9 Å². The van der Waals surface area contributed by atoms with Gasteiger partial charge < -0.3 is 19.1 Å². The zero-order valence-corrected chi connectivity index (χ0v) is 26.0. The van der Waals surface area contributed by atoms with E-state index in [-0.39, 0.29) is 5.82 Å². The van der Waals surface area contributed by atoms with E-state index in [0.29, 0.717) is 43.9 Å². The van der Waals surface area contributed by atoms with E-state index in [4.69, 9.17) is 24.3 Å². The quantitative estimate of drug-likeness (QED) is 0.173. The van der Waals surface area contributed by atoms with Crippen molar-refractivity contribution in [2.75, 3.05) is 44.4 Å². The fourth-order valence-electron chi connectivity index (χ4n) is 6.95. The lowest BCUT2D eigenvalue weighted by Crippen LogP contribution is -2.38. The van der Waals surface area contributed by atoms with Crippen molar-refractivity contribution in [1.29, 1.82) is 0 Å². The molecule has 0 N–H and O–H groups in total. The van der Waals surface area contributed by atoms with Gasteiger partial charge in [0, 0.05) is 42.7 Å². The van der Waals surface area contributed by atoms with Crippen LogP contribution in [-0.2, 0) is 26.2 Å². The predicted molar refractivity (Wildman–Crippen MR) is 180 cm³/mol. The minimum absolute atomic E-state index is 0.308. The van der Waals surface area contributed by atoms with Crippen LogP contribution in [0.5, 0.6) is 0 Å². The lowest BCUT2D eigenvalue weighted by molar-refractivity contribution is -0.0404. The molecule has 0 amide bonds. The van der Waals surface area contributed by atoms with Gasteiger partial charge in [-0.2, -0.15) is 5.10 Å². The molecule has 0 aliphatic carbocycles. The van der Waals surface area contributed by atoms with Crippen molar-refractivity contribution in [3.63, 3.8) is 0 Å². The first-order chi connectivity index (χ1) is 23.2. The summed E-state index contributed by atoms with van der Waals surface area (Å²) in [6.07, 6.45) is 1.66. The number of benzene rings is 4. The van der Waals surface area contributed by atoms with Crippen LogP contribution in [0, 0.1) is 5.82 Å². The molecule has 2 aromatic heterocycles. The summed E-state index contributed by atoms with van der Waals surface area (Å²) in [6, 6.07) is 38.6. The third kappa shape index (κ3) is 5.38. The number of hydrogen-bond acceptors (Lipinski definition) is 6. The lowest BCUT2D eigenvalue weighted by atomic mass is 9.77. The largest absolute Gasteiger partial charge is 0.378 e. The molecule has 0 atom stereocenters. The van der Waals surface area contributed by atoms with Gasteiger partial charge in [-0.1, -0.05) is 91.0 Å². The highest BCUT2D eigenvalue weighted by atomic mass is 19.1. The Morgan fingerprint density at radius 1 is 0.723 bits per heavy atom. The van der Waals surface area contributed by atoms with Crippen LogP contribution in [0.3, 0.4) is 0 Å². The maximum Gasteiger partial charge on any atom is 0.161 e. The molecule has 2 aliphatic rings. The minimum atomic E-state index is -0.925. The molecule has 0 bridgehead atoms. The van der Waals surface area contributed by atoms with E-state index in [0.717, 1.165) is 52.2 Å². The summed E-state index contributed by atoms with van der Waals surface area (Å²) in [7, 11) is 0. The average molecular weight is 627 g/mol. The molecule has 2 saturated heterocycles. The van der Waals surface area contributed by atoms with Crippen molar-refractivity contribution >= 4 is 16.7 Å². The fourth-order valence-corrected chi connectivity index (χ4v) is 6.95. The monoisotopic (exact) mass is 626 g/mol. The Labute approximate surface area is 273 Å². The topological polar surface area (TPSA) is 61.6 Å². The molecule has 47 heavy (non-hydrogen) atoms. The van der Waals surface area contributed by atoms with Crippen LogP contribution in [0.25, 0.3) is 22.2 Å². The number of fused-ring (bicyclic) bond motifs is 1. The lowest BCUT2D eigenvalue weighted by Gasteiger charge is -2.37. The molecule has 0 spiro atoms. The second-order valence-corrected chi connectivity index (χ2v) is 11.9. The maximum atomic E-state index is 16.3. The smallest absolute Gasteiger partial charge is 0.161 e. The van der Waals surface area contributed by atoms with Crippen molar-refractivity contribution in [3.05, 3.63) is 150 Å². The van der Waals surface area contributed by atoms with Crippen molar-refractivity contribution in [3.8, 4) is 11.3 Å². The standard InChI is InChI=1S/C39H35FN4O3/c40-34-27-35-33(24-29(34)26-37-46-22-23-47-37)38(28-16-17-41-36(25-28)43-18-20-45-21-19-43)42-44(35)39(30-10-4-1-5-11-30,31-12-6-2-7-13-31)32-14-8-3-9-15-32/h1-17,24-25,27,37H,18-23,26H2. The number of anilines is 1. The molecule has 8 rings (SSSR count). The number of pyridine rings is 1. The molecule has 0 saturated carbocycles. The Kier molecular flexibility index (Phi) is 7.99. The first-order valence-electron chi connectivity index (χ1n) is 16.1. The average Bonchev–Trinajstić information content (AvgIpc) is 3.79. The number of nitrogens with zero attached hydrogens (tertiary/aromatic N) is 4. The highest BCUT2D eigenvalue weighted by Crippen LogP contribution is 2.44. The van der Waals surface area contributed by atoms with Gasteiger partial charge >= 0.3 is 0 Å². The summed E-state index contributed by atoms with van der Waals surface area (Å²) in [6.45, 7) is 3.86. The summed E-state index contributed by atoms with van der Waals surface area (Å²) in [4.78, 5) is 6.94. The molecule has 6 aromatic rings. The predicted octanol–water partition coefficient (Wildman–Crippen LogP) is 6.83. The summed E-state index contributed by atoms with van der Waals surface area (Å²) >= 11 is 0. The molecule has 8 heteroatoms. The molecule has 2 aliphatic heterocycles. The van der Waals surface area contributed by atoms with Crippen molar-refractivity contribution in [1.82, 2.24) is 14.8 Å². The van der Waals surface area contributed by atoms with Crippen LogP contribution in [-0.4, -0.2) is 60.6 Å². The van der Waals surface area contributed by atoms with Gasteiger partial charge in [-0.25, -0.2) is 14.1 Å². The molecule has 0 unspecified atom stereocenters. The number of morpholine rings is 1. The first-order valence-corrected chi connectivity index (χ1v) is 16.1. The van der Waals surface area contributed by atoms with Crippen LogP contribution in [0.1, 0.15) is 22.3 Å². The second-order valence-electron chi connectivity index (χ2n) is 11.9. The fraction of sp³-hybridized carbons (Fsp3) is 0.231. The molecule has 236 valence electrons. The van der Waals surface area contributed by atoms with Crippen LogP contribution >= 0.6 is 0 Å². The SMILES string of the molecule is Fc1cc2c(cc1CC1OCCO1)c(-c1ccnc(N3CCOCC3)c1)nn2C(c1ccccc1)(c1ccccc1)c1ccccc1. The van der Waals surface area contributed by atoms with Gasteiger partial charge in [-0.05, 0) is 40.5 Å². The van der Waals surface area contributed by atoms with E-state index in [1.807, 2.05) is 77.6 Å². The number of aromatic nitrogens is 3. The number of halogens is 1. The summed E-state index contributed by atoms with van der Waals surface area (Å²) < 4.78 is 35.3. The third-order valence-corrected chi connectivity index (χ3v) is 9.17. The normalized spacial score (nSPS) is 15.8. The number of hydrogen-bond donors (Lipinski definition) is 0. The van der Waals surface area contributed by atoms with Crippen LogP contribution < -0.4 is 4.90 Å². The molecular formula is C39H35FN4O3. The van der Waals surface area contributed by atoms with Crippen molar-refractivity contribution < 1.29 is 18.6 Å². The van der Waals surface area contributed by atoms with Gasteiger partial charge in [0.05, 0.1) is 31.9 Å². The van der Waals surface area contributed by atoms with Gasteiger partial charge in [0.2, 0.25) is 0 Å². The highest BCUT2D eigenvalue weighted by molar-refractivity contribution is 5.95. The van der Waals surface area contributed by atoms with E-state index in [1.165, 1.54) is 0 Å². The molecule has 0 radical (unpaired) electrons. The number of rotatable bonds is 8.